The fourth-order valence-corrected chi connectivity index (χ4v) is 4.71. The van der Waals surface area contributed by atoms with Gasteiger partial charge in [0.1, 0.15) is 0 Å². The van der Waals surface area contributed by atoms with Gasteiger partial charge in [-0.2, -0.15) is 9.29 Å². The average molecular weight is 429 g/mol. The highest BCUT2D eigenvalue weighted by Gasteiger charge is 2.30. The molecule has 0 N–H and O–H groups in total. The first-order chi connectivity index (χ1) is 14.4. The van der Waals surface area contributed by atoms with Crippen LogP contribution in [0.5, 0.6) is 0 Å². The Morgan fingerprint density at radius 1 is 1.03 bits per heavy atom. The van der Waals surface area contributed by atoms with Crippen molar-refractivity contribution in [1.29, 1.82) is 0 Å². The second-order valence-corrected chi connectivity index (χ2v) is 8.75. The largest absolute Gasteiger partial charge is 0.338 e. The number of aromatic nitrogens is 2. The minimum atomic E-state index is -3.80. The number of sulfonamides is 1. The first-order valence-corrected chi connectivity index (χ1v) is 10.7. The second kappa shape index (κ2) is 8.30. The fourth-order valence-electron chi connectivity index (χ4n) is 3.25. The fraction of sp³-hybridized carbons (Fsp3) is 0.263. The quantitative estimate of drug-likeness (QED) is 0.431. The highest BCUT2D eigenvalue weighted by Crippen LogP contribution is 2.22. The Labute approximate surface area is 172 Å². The molecular weight excluding hydrogens is 410 g/mol. The molecule has 1 saturated heterocycles. The van der Waals surface area contributed by atoms with Crippen LogP contribution in [-0.4, -0.2) is 58.9 Å². The molecule has 30 heavy (non-hydrogen) atoms. The predicted octanol–water partition coefficient (Wildman–Crippen LogP) is 2.15. The molecule has 0 spiro atoms. The number of nitro benzene ring substituents is 1. The van der Waals surface area contributed by atoms with E-state index in [1.807, 2.05) is 35.2 Å². The molecule has 10 nitrogen and oxygen atoms in total. The van der Waals surface area contributed by atoms with E-state index < -0.39 is 14.9 Å². The summed E-state index contributed by atoms with van der Waals surface area (Å²) >= 11 is 0. The van der Waals surface area contributed by atoms with Gasteiger partial charge in [0.25, 0.3) is 5.69 Å². The van der Waals surface area contributed by atoms with E-state index in [1.165, 1.54) is 22.5 Å². The zero-order chi connectivity index (χ0) is 21.1. The Hall–Kier alpha value is -3.15. The SMILES string of the molecule is O=[N+]([O-])c1cccc(S(=O)(=O)N2CCN(Cc3nc(-c4ccccc4)no3)CC2)c1. The second-order valence-electron chi connectivity index (χ2n) is 6.81. The van der Waals surface area contributed by atoms with Gasteiger partial charge >= 0.3 is 0 Å². The third-order valence-electron chi connectivity index (χ3n) is 4.86. The van der Waals surface area contributed by atoms with Crippen LogP contribution >= 0.6 is 0 Å². The van der Waals surface area contributed by atoms with E-state index in [4.69, 9.17) is 4.52 Å². The Morgan fingerprint density at radius 2 is 1.77 bits per heavy atom. The number of hydrogen-bond acceptors (Lipinski definition) is 8. The van der Waals surface area contributed by atoms with Crippen molar-refractivity contribution >= 4 is 15.7 Å². The molecule has 0 amide bonds. The number of piperazine rings is 1. The predicted molar refractivity (Wildman–Crippen MR) is 107 cm³/mol. The van der Waals surface area contributed by atoms with Crippen LogP contribution in [0.2, 0.25) is 0 Å². The van der Waals surface area contributed by atoms with Crippen LogP contribution in [0.15, 0.2) is 64.0 Å². The smallest absolute Gasteiger partial charge is 0.270 e. The van der Waals surface area contributed by atoms with Gasteiger partial charge in [-0.05, 0) is 6.07 Å². The van der Waals surface area contributed by atoms with Gasteiger partial charge in [-0.15, -0.1) is 0 Å². The number of nitrogens with zero attached hydrogens (tertiary/aromatic N) is 5. The van der Waals surface area contributed by atoms with Gasteiger partial charge in [0.15, 0.2) is 0 Å². The topological polar surface area (TPSA) is 123 Å². The zero-order valence-corrected chi connectivity index (χ0v) is 16.7. The first-order valence-electron chi connectivity index (χ1n) is 9.28. The lowest BCUT2D eigenvalue weighted by molar-refractivity contribution is -0.385. The molecule has 1 fully saturated rings. The third kappa shape index (κ3) is 4.22. The summed E-state index contributed by atoms with van der Waals surface area (Å²) in [4.78, 5) is 16.7. The van der Waals surface area contributed by atoms with Gasteiger partial charge in [-0.3, -0.25) is 15.0 Å². The number of rotatable bonds is 6. The maximum absolute atomic E-state index is 12.8. The molecule has 4 rings (SSSR count). The van der Waals surface area contributed by atoms with Crippen LogP contribution < -0.4 is 0 Å². The maximum Gasteiger partial charge on any atom is 0.270 e. The van der Waals surface area contributed by atoms with Crippen LogP contribution in [0, 0.1) is 10.1 Å². The minimum absolute atomic E-state index is 0.0745. The van der Waals surface area contributed by atoms with Crippen molar-refractivity contribution in [2.75, 3.05) is 26.2 Å². The molecule has 2 heterocycles. The Balaban J connectivity index is 1.39. The van der Waals surface area contributed by atoms with E-state index in [9.17, 15) is 18.5 Å². The van der Waals surface area contributed by atoms with Crippen LogP contribution in [0.3, 0.4) is 0 Å². The monoisotopic (exact) mass is 429 g/mol. The summed E-state index contributed by atoms with van der Waals surface area (Å²) < 4.78 is 32.3. The van der Waals surface area contributed by atoms with Gasteiger partial charge in [-0.25, -0.2) is 8.42 Å². The molecule has 0 radical (unpaired) electrons. The number of nitro groups is 1. The Kier molecular flexibility index (Phi) is 5.57. The highest BCUT2D eigenvalue weighted by molar-refractivity contribution is 7.89. The van der Waals surface area contributed by atoms with E-state index in [2.05, 4.69) is 10.1 Å². The van der Waals surface area contributed by atoms with Gasteiger partial charge < -0.3 is 4.52 Å². The van der Waals surface area contributed by atoms with E-state index in [-0.39, 0.29) is 23.7 Å². The van der Waals surface area contributed by atoms with E-state index in [0.717, 1.165) is 11.6 Å². The maximum atomic E-state index is 12.8. The summed E-state index contributed by atoms with van der Waals surface area (Å²) in [5, 5.41) is 14.9. The number of hydrogen-bond donors (Lipinski definition) is 0. The van der Waals surface area contributed by atoms with Crippen LogP contribution in [0.1, 0.15) is 5.89 Å². The molecule has 0 saturated carbocycles. The first kappa shape index (κ1) is 20.1. The molecule has 156 valence electrons. The zero-order valence-electron chi connectivity index (χ0n) is 15.9. The Bertz CT molecular complexity index is 1140. The summed E-state index contributed by atoms with van der Waals surface area (Å²) in [6.07, 6.45) is 0. The third-order valence-corrected chi connectivity index (χ3v) is 6.75. The molecule has 2 aromatic carbocycles. The van der Waals surface area contributed by atoms with Crippen molar-refractivity contribution in [3.05, 3.63) is 70.6 Å². The normalized spacial score (nSPS) is 15.9. The standard InChI is InChI=1S/C19H19N5O5S/c25-24(26)16-7-4-8-17(13-16)30(27,28)23-11-9-22(10-12-23)14-18-20-19(21-29-18)15-5-2-1-3-6-15/h1-8,13H,9-12,14H2. The van der Waals surface area contributed by atoms with Crippen molar-refractivity contribution in [2.45, 2.75) is 11.4 Å². The lowest BCUT2D eigenvalue weighted by Crippen LogP contribution is -2.48. The van der Waals surface area contributed by atoms with Crippen molar-refractivity contribution in [2.24, 2.45) is 0 Å². The van der Waals surface area contributed by atoms with Gasteiger partial charge in [0, 0.05) is 43.9 Å². The molecule has 1 aliphatic heterocycles. The summed E-state index contributed by atoms with van der Waals surface area (Å²) in [5.41, 5.74) is 0.612. The molecule has 0 aliphatic carbocycles. The van der Waals surface area contributed by atoms with Crippen molar-refractivity contribution in [3.63, 3.8) is 0 Å². The van der Waals surface area contributed by atoms with Gasteiger partial charge in [-0.1, -0.05) is 41.6 Å². The molecule has 1 aromatic heterocycles. The molecular formula is C19H19N5O5S. The van der Waals surface area contributed by atoms with Gasteiger partial charge in [0.2, 0.25) is 21.7 Å². The van der Waals surface area contributed by atoms with Crippen LogP contribution in [-0.2, 0) is 16.6 Å². The summed E-state index contributed by atoms with van der Waals surface area (Å²) in [6.45, 7) is 1.92. The number of benzene rings is 2. The van der Waals surface area contributed by atoms with E-state index in [1.54, 1.807) is 0 Å². The molecule has 11 heteroatoms. The van der Waals surface area contributed by atoms with Crippen molar-refractivity contribution in [3.8, 4) is 11.4 Å². The van der Waals surface area contributed by atoms with Crippen molar-refractivity contribution < 1.29 is 17.9 Å². The Morgan fingerprint density at radius 3 is 2.47 bits per heavy atom. The molecule has 1 aliphatic rings. The summed E-state index contributed by atoms with van der Waals surface area (Å²) in [6, 6.07) is 14.6. The lowest BCUT2D eigenvalue weighted by atomic mass is 10.2. The van der Waals surface area contributed by atoms with Crippen LogP contribution in [0.25, 0.3) is 11.4 Å². The van der Waals surface area contributed by atoms with Crippen molar-refractivity contribution in [1.82, 2.24) is 19.3 Å². The minimum Gasteiger partial charge on any atom is -0.338 e. The molecule has 0 unspecified atom stereocenters. The highest BCUT2D eigenvalue weighted by atomic mass is 32.2. The lowest BCUT2D eigenvalue weighted by Gasteiger charge is -2.33. The molecule has 0 bridgehead atoms. The van der Waals surface area contributed by atoms with Gasteiger partial charge in [0.05, 0.1) is 16.4 Å². The molecule has 3 aromatic rings. The van der Waals surface area contributed by atoms with Crippen LogP contribution in [0.4, 0.5) is 5.69 Å². The molecule has 0 atom stereocenters. The number of non-ortho nitro benzene ring substituents is 1. The average Bonchev–Trinajstić information content (AvgIpc) is 3.23. The van der Waals surface area contributed by atoms with E-state index in [0.29, 0.717) is 31.3 Å². The van der Waals surface area contributed by atoms with E-state index >= 15 is 0 Å². The summed E-state index contributed by atoms with van der Waals surface area (Å²) in [7, 11) is -3.80. The summed E-state index contributed by atoms with van der Waals surface area (Å²) in [5.74, 6) is 0.973.